The number of nitrogens with two attached hydrogens (primary N) is 2. The van der Waals surface area contributed by atoms with Gasteiger partial charge < -0.3 is 16.0 Å². The number of fused-ring (bicyclic) bond motifs is 3. The van der Waals surface area contributed by atoms with Crippen molar-refractivity contribution in [1.82, 2.24) is 14.5 Å². The molecule has 0 radical (unpaired) electrons. The molecule has 0 amide bonds. The van der Waals surface area contributed by atoms with Gasteiger partial charge in [0.1, 0.15) is 11.3 Å². The maximum Gasteiger partial charge on any atom is 0.152 e. The molecule has 0 aliphatic heterocycles. The summed E-state index contributed by atoms with van der Waals surface area (Å²) in [5.41, 5.74) is 17.2. The minimum Gasteiger partial charge on any atom is -0.382 e. The van der Waals surface area contributed by atoms with Crippen LogP contribution in [0.5, 0.6) is 0 Å². The Morgan fingerprint density at radius 3 is 2.44 bits per heavy atom. The van der Waals surface area contributed by atoms with Crippen LogP contribution in [0.2, 0.25) is 0 Å². The number of para-hydroxylation sites is 1. The number of nitrogens with zero attached hydrogens (tertiary/aromatic N) is 3. The summed E-state index contributed by atoms with van der Waals surface area (Å²) in [6.07, 6.45) is 2.99. The summed E-state index contributed by atoms with van der Waals surface area (Å²) in [5, 5.41) is 1.11. The zero-order valence-corrected chi connectivity index (χ0v) is 15.7. The van der Waals surface area contributed by atoms with E-state index in [0.717, 1.165) is 59.1 Å². The summed E-state index contributed by atoms with van der Waals surface area (Å²) in [4.78, 5) is 9.46. The molecule has 0 aliphatic rings. The van der Waals surface area contributed by atoms with Crippen LogP contribution in [-0.2, 0) is 19.5 Å². The second-order valence-electron chi connectivity index (χ2n) is 6.94. The Kier molecular flexibility index (Phi) is 4.77. The quantitative estimate of drug-likeness (QED) is 0.545. The zero-order chi connectivity index (χ0) is 18.8. The second kappa shape index (κ2) is 7.37. The van der Waals surface area contributed by atoms with E-state index in [1.807, 2.05) is 18.2 Å². The van der Waals surface area contributed by atoms with Gasteiger partial charge in [-0.05, 0) is 23.6 Å². The third-order valence-corrected chi connectivity index (χ3v) is 5.05. The summed E-state index contributed by atoms with van der Waals surface area (Å²) in [6, 6.07) is 16.6. The lowest BCUT2D eigenvalue weighted by molar-refractivity contribution is 0.624. The van der Waals surface area contributed by atoms with E-state index in [2.05, 4.69) is 46.8 Å². The molecule has 2 aromatic heterocycles. The first-order valence-electron chi connectivity index (χ1n) is 9.52. The van der Waals surface area contributed by atoms with Crippen molar-refractivity contribution < 1.29 is 0 Å². The molecule has 138 valence electrons. The number of aryl methyl sites for hydroxylation is 1. The van der Waals surface area contributed by atoms with Gasteiger partial charge in [-0.2, -0.15) is 0 Å². The molecule has 5 nitrogen and oxygen atoms in total. The van der Waals surface area contributed by atoms with E-state index in [0.29, 0.717) is 12.4 Å². The highest BCUT2D eigenvalue weighted by molar-refractivity contribution is 6.06. The molecule has 5 heteroatoms. The van der Waals surface area contributed by atoms with Gasteiger partial charge >= 0.3 is 0 Å². The highest BCUT2D eigenvalue weighted by atomic mass is 15.1. The fourth-order valence-corrected chi connectivity index (χ4v) is 3.57. The largest absolute Gasteiger partial charge is 0.382 e. The van der Waals surface area contributed by atoms with Crippen molar-refractivity contribution in [3.8, 4) is 0 Å². The summed E-state index contributed by atoms with van der Waals surface area (Å²) in [6.45, 7) is 3.69. The molecule has 2 aromatic carbocycles. The topological polar surface area (TPSA) is 82.8 Å². The molecule has 0 bridgehead atoms. The molecule has 4 rings (SSSR count). The Balaban J connectivity index is 1.88. The lowest BCUT2D eigenvalue weighted by Gasteiger charge is -2.11. The molecule has 0 saturated heterocycles. The van der Waals surface area contributed by atoms with Crippen LogP contribution in [0.15, 0.2) is 48.5 Å². The number of nitrogen functional groups attached to an aromatic ring is 1. The molecule has 4 aromatic rings. The van der Waals surface area contributed by atoms with Crippen LogP contribution in [0.1, 0.15) is 36.7 Å². The Morgan fingerprint density at radius 2 is 1.70 bits per heavy atom. The maximum atomic E-state index is 6.26. The number of aromatic nitrogens is 3. The SMILES string of the molecule is CCCCn1c(Cc2ccc(CN)cc2)nc2c(N)nc3ccccc3c21. The monoisotopic (exact) mass is 359 g/mol. The van der Waals surface area contributed by atoms with Gasteiger partial charge in [-0.15, -0.1) is 0 Å². The van der Waals surface area contributed by atoms with Gasteiger partial charge in [0.2, 0.25) is 0 Å². The molecular weight excluding hydrogens is 334 g/mol. The standard InChI is InChI=1S/C22H25N5/c1-2-3-12-27-19(13-15-8-10-16(14-23)11-9-15)26-20-21(27)17-6-4-5-7-18(17)25-22(20)24/h4-11H,2-3,12-14,23H2,1H3,(H2,24,25). The fourth-order valence-electron chi connectivity index (χ4n) is 3.57. The van der Waals surface area contributed by atoms with Gasteiger partial charge in [-0.25, -0.2) is 9.97 Å². The molecule has 2 heterocycles. The van der Waals surface area contributed by atoms with Crippen molar-refractivity contribution in [2.24, 2.45) is 5.73 Å². The van der Waals surface area contributed by atoms with Crippen molar-refractivity contribution in [3.05, 3.63) is 65.5 Å². The molecule has 0 saturated carbocycles. The van der Waals surface area contributed by atoms with Crippen LogP contribution in [0.4, 0.5) is 5.82 Å². The average Bonchev–Trinajstić information content (AvgIpc) is 3.06. The van der Waals surface area contributed by atoms with Crippen LogP contribution in [0, 0.1) is 0 Å². The number of imidazole rings is 1. The van der Waals surface area contributed by atoms with Gasteiger partial charge in [0, 0.05) is 24.9 Å². The van der Waals surface area contributed by atoms with E-state index in [1.54, 1.807) is 0 Å². The summed E-state index contributed by atoms with van der Waals surface area (Å²) in [5.74, 6) is 1.53. The Hall–Kier alpha value is -2.92. The van der Waals surface area contributed by atoms with Gasteiger partial charge in [0.15, 0.2) is 5.82 Å². The van der Waals surface area contributed by atoms with Crippen LogP contribution in [0.25, 0.3) is 21.9 Å². The van der Waals surface area contributed by atoms with E-state index in [-0.39, 0.29) is 0 Å². The normalized spacial score (nSPS) is 11.5. The second-order valence-corrected chi connectivity index (χ2v) is 6.94. The van der Waals surface area contributed by atoms with E-state index < -0.39 is 0 Å². The lowest BCUT2D eigenvalue weighted by atomic mass is 10.1. The Morgan fingerprint density at radius 1 is 0.963 bits per heavy atom. The number of hydrogen-bond acceptors (Lipinski definition) is 4. The lowest BCUT2D eigenvalue weighted by Crippen LogP contribution is -2.05. The van der Waals surface area contributed by atoms with Gasteiger partial charge in [0.25, 0.3) is 0 Å². The number of rotatable bonds is 6. The van der Waals surface area contributed by atoms with E-state index >= 15 is 0 Å². The number of pyridine rings is 1. The first kappa shape index (κ1) is 17.5. The van der Waals surface area contributed by atoms with Gasteiger partial charge in [-0.3, -0.25) is 0 Å². The number of unbranched alkanes of at least 4 members (excludes halogenated alkanes) is 1. The molecule has 0 fully saturated rings. The number of anilines is 1. The van der Waals surface area contributed by atoms with Gasteiger partial charge in [0.05, 0.1) is 11.0 Å². The zero-order valence-electron chi connectivity index (χ0n) is 15.7. The molecule has 0 unspecified atom stereocenters. The Bertz CT molecular complexity index is 1080. The van der Waals surface area contributed by atoms with Crippen LogP contribution in [0.3, 0.4) is 0 Å². The predicted molar refractivity (Wildman–Crippen MR) is 111 cm³/mol. The molecule has 0 aliphatic carbocycles. The van der Waals surface area contributed by atoms with Crippen molar-refractivity contribution in [2.75, 3.05) is 5.73 Å². The van der Waals surface area contributed by atoms with Crippen molar-refractivity contribution >= 4 is 27.8 Å². The summed E-state index contributed by atoms with van der Waals surface area (Å²) >= 11 is 0. The first-order valence-corrected chi connectivity index (χ1v) is 9.52. The van der Waals surface area contributed by atoms with E-state index in [1.165, 1.54) is 5.56 Å². The fraction of sp³-hybridized carbons (Fsp3) is 0.273. The molecule has 0 atom stereocenters. The van der Waals surface area contributed by atoms with Crippen LogP contribution >= 0.6 is 0 Å². The van der Waals surface area contributed by atoms with Crippen LogP contribution < -0.4 is 11.5 Å². The van der Waals surface area contributed by atoms with E-state index in [9.17, 15) is 0 Å². The first-order chi connectivity index (χ1) is 13.2. The van der Waals surface area contributed by atoms with Crippen molar-refractivity contribution in [2.45, 2.75) is 39.3 Å². The minimum absolute atomic E-state index is 0.499. The number of benzene rings is 2. The van der Waals surface area contributed by atoms with Crippen LogP contribution in [-0.4, -0.2) is 14.5 Å². The van der Waals surface area contributed by atoms with Gasteiger partial charge in [-0.1, -0.05) is 55.8 Å². The average molecular weight is 359 g/mol. The minimum atomic E-state index is 0.499. The summed E-state index contributed by atoms with van der Waals surface area (Å²) < 4.78 is 2.33. The highest BCUT2D eigenvalue weighted by Gasteiger charge is 2.17. The predicted octanol–water partition coefficient (Wildman–Crippen LogP) is 4.02. The highest BCUT2D eigenvalue weighted by Crippen LogP contribution is 2.30. The third-order valence-electron chi connectivity index (χ3n) is 5.05. The Labute approximate surface area is 159 Å². The smallest absolute Gasteiger partial charge is 0.152 e. The van der Waals surface area contributed by atoms with Crippen molar-refractivity contribution in [1.29, 1.82) is 0 Å². The summed E-state index contributed by atoms with van der Waals surface area (Å²) in [7, 11) is 0. The van der Waals surface area contributed by atoms with Crippen molar-refractivity contribution in [3.63, 3.8) is 0 Å². The molecule has 4 N–H and O–H groups in total. The third kappa shape index (κ3) is 3.26. The maximum absolute atomic E-state index is 6.26. The number of hydrogen-bond donors (Lipinski definition) is 2. The molecular formula is C22H25N5. The van der Waals surface area contributed by atoms with E-state index in [4.69, 9.17) is 16.5 Å². The molecule has 0 spiro atoms. The molecule has 27 heavy (non-hydrogen) atoms.